The van der Waals surface area contributed by atoms with Gasteiger partial charge >= 0.3 is 0 Å². The van der Waals surface area contributed by atoms with Crippen LogP contribution in [0.5, 0.6) is 5.75 Å². The van der Waals surface area contributed by atoms with Crippen molar-refractivity contribution in [3.05, 3.63) is 34.5 Å². The van der Waals surface area contributed by atoms with E-state index in [0.717, 1.165) is 11.4 Å². The second-order valence-corrected chi connectivity index (χ2v) is 2.39. The monoisotopic (exact) mass is 178 g/mol. The molecule has 1 heterocycles. The smallest absolute Gasteiger partial charge is 0.122 e. The van der Waals surface area contributed by atoms with Gasteiger partial charge in [0.05, 0.1) is 7.11 Å². The van der Waals surface area contributed by atoms with Gasteiger partial charge in [-0.25, -0.2) is 0 Å². The van der Waals surface area contributed by atoms with Crippen molar-refractivity contribution in [3.63, 3.8) is 0 Å². The van der Waals surface area contributed by atoms with Crippen molar-refractivity contribution < 1.29 is 4.74 Å². The van der Waals surface area contributed by atoms with E-state index in [2.05, 4.69) is 15.0 Å². The summed E-state index contributed by atoms with van der Waals surface area (Å²) in [5.74, 6) is 0.769. The maximum absolute atomic E-state index is 8.06. The zero-order valence-corrected chi connectivity index (χ0v) is 7.34. The summed E-state index contributed by atoms with van der Waals surface area (Å²) in [6.45, 7) is 0.427. The number of nitrogens with zero attached hydrogens (tertiary/aromatic N) is 4. The number of pyridine rings is 1. The first-order valence-electron chi connectivity index (χ1n) is 3.86. The highest BCUT2D eigenvalue weighted by Gasteiger charge is 1.95. The molecule has 0 bridgehead atoms. The van der Waals surface area contributed by atoms with E-state index in [-0.39, 0.29) is 0 Å². The molecule has 0 aliphatic carbocycles. The average Bonchev–Trinajstić information content (AvgIpc) is 2.19. The van der Waals surface area contributed by atoms with Crippen LogP contribution < -0.4 is 4.74 Å². The summed E-state index contributed by atoms with van der Waals surface area (Å²) >= 11 is 0. The lowest BCUT2D eigenvalue weighted by Crippen LogP contribution is -1.93. The van der Waals surface area contributed by atoms with Gasteiger partial charge in [-0.15, -0.1) is 0 Å². The lowest BCUT2D eigenvalue weighted by molar-refractivity contribution is 0.413. The molecule has 1 aromatic heterocycles. The van der Waals surface area contributed by atoms with Gasteiger partial charge in [0.2, 0.25) is 0 Å². The van der Waals surface area contributed by atoms with Crippen LogP contribution in [-0.4, -0.2) is 18.6 Å². The summed E-state index contributed by atoms with van der Waals surface area (Å²) in [6.07, 6.45) is 2.31. The molecule has 0 unspecified atom stereocenters. The third-order valence-corrected chi connectivity index (χ3v) is 1.55. The molecule has 0 saturated carbocycles. The van der Waals surface area contributed by atoms with Crippen molar-refractivity contribution in [1.82, 2.24) is 4.98 Å². The van der Waals surface area contributed by atoms with Crippen molar-refractivity contribution in [3.8, 4) is 5.75 Å². The van der Waals surface area contributed by atoms with Crippen LogP contribution in [0.3, 0.4) is 0 Å². The molecule has 5 nitrogen and oxygen atoms in total. The molecule has 0 spiro atoms. The fraction of sp³-hybridized carbons (Fsp3) is 0.375. The standard InChI is InChI=1S/C8H10N4O/c1-13-8-3-4-10-7(6-8)2-5-11-12-9/h3-4,6H,2,5H2,1H3. The Hall–Kier alpha value is -1.74. The molecule has 0 aliphatic rings. The van der Waals surface area contributed by atoms with Gasteiger partial charge in [-0.2, -0.15) is 0 Å². The van der Waals surface area contributed by atoms with Crippen LogP contribution in [0, 0.1) is 0 Å². The molecule has 0 aliphatic heterocycles. The normalized spacial score (nSPS) is 9.00. The molecule has 68 valence electrons. The van der Waals surface area contributed by atoms with E-state index >= 15 is 0 Å². The molecule has 0 N–H and O–H groups in total. The van der Waals surface area contributed by atoms with E-state index in [1.165, 1.54) is 0 Å². The molecule has 1 aromatic rings. The van der Waals surface area contributed by atoms with Crippen LogP contribution in [0.4, 0.5) is 0 Å². The fourth-order valence-electron chi connectivity index (χ4n) is 0.929. The Bertz CT molecular complexity index is 320. The number of ether oxygens (including phenoxy) is 1. The minimum absolute atomic E-state index is 0.427. The number of azide groups is 1. The van der Waals surface area contributed by atoms with Gasteiger partial charge in [0.15, 0.2) is 0 Å². The Kier molecular flexibility index (Phi) is 3.60. The first-order chi connectivity index (χ1) is 6.36. The van der Waals surface area contributed by atoms with Crippen molar-refractivity contribution in [2.45, 2.75) is 6.42 Å². The van der Waals surface area contributed by atoms with Gasteiger partial charge in [0.1, 0.15) is 5.75 Å². The Morgan fingerprint density at radius 3 is 3.23 bits per heavy atom. The highest BCUT2D eigenvalue weighted by molar-refractivity contribution is 5.22. The van der Waals surface area contributed by atoms with Crippen molar-refractivity contribution >= 4 is 0 Å². The molecule has 0 radical (unpaired) electrons. The van der Waals surface area contributed by atoms with E-state index in [1.54, 1.807) is 19.4 Å². The zero-order chi connectivity index (χ0) is 9.52. The minimum atomic E-state index is 0.427. The molecule has 1 rings (SSSR count). The Morgan fingerprint density at radius 1 is 1.69 bits per heavy atom. The number of aromatic nitrogens is 1. The van der Waals surface area contributed by atoms with E-state index in [4.69, 9.17) is 10.3 Å². The number of hydrogen-bond donors (Lipinski definition) is 0. The zero-order valence-electron chi connectivity index (χ0n) is 7.34. The third kappa shape index (κ3) is 3.01. The molecule has 0 aromatic carbocycles. The van der Waals surface area contributed by atoms with E-state index in [1.807, 2.05) is 6.07 Å². The van der Waals surface area contributed by atoms with Crippen LogP contribution in [0.15, 0.2) is 23.4 Å². The van der Waals surface area contributed by atoms with Crippen LogP contribution >= 0.6 is 0 Å². The molecule has 0 atom stereocenters. The summed E-state index contributed by atoms with van der Waals surface area (Å²) in [5, 5.41) is 3.42. The van der Waals surface area contributed by atoms with Crippen LogP contribution in [0.2, 0.25) is 0 Å². The van der Waals surface area contributed by atoms with Crippen molar-refractivity contribution in [2.24, 2.45) is 5.11 Å². The largest absolute Gasteiger partial charge is 0.497 e. The van der Waals surface area contributed by atoms with Crippen molar-refractivity contribution in [1.29, 1.82) is 0 Å². The topological polar surface area (TPSA) is 70.9 Å². The molecule has 5 heteroatoms. The minimum Gasteiger partial charge on any atom is -0.497 e. The van der Waals surface area contributed by atoms with Gasteiger partial charge < -0.3 is 4.74 Å². The lowest BCUT2D eigenvalue weighted by atomic mass is 10.2. The highest BCUT2D eigenvalue weighted by atomic mass is 16.5. The molecule has 0 saturated heterocycles. The van der Waals surface area contributed by atoms with Crippen LogP contribution in [0.1, 0.15) is 5.69 Å². The summed E-state index contributed by atoms with van der Waals surface area (Å²) < 4.78 is 5.02. The van der Waals surface area contributed by atoms with E-state index < -0.39 is 0 Å². The fourth-order valence-corrected chi connectivity index (χ4v) is 0.929. The molecular weight excluding hydrogens is 168 g/mol. The maximum Gasteiger partial charge on any atom is 0.122 e. The number of methoxy groups -OCH3 is 1. The second-order valence-electron chi connectivity index (χ2n) is 2.39. The Morgan fingerprint density at radius 2 is 2.54 bits per heavy atom. The number of rotatable bonds is 4. The maximum atomic E-state index is 8.06. The van der Waals surface area contributed by atoms with Crippen LogP contribution in [0.25, 0.3) is 10.4 Å². The average molecular weight is 178 g/mol. The first-order valence-corrected chi connectivity index (χ1v) is 3.86. The Balaban J connectivity index is 2.60. The summed E-state index contributed by atoms with van der Waals surface area (Å²) in [6, 6.07) is 3.60. The first kappa shape index (κ1) is 9.35. The summed E-state index contributed by atoms with van der Waals surface area (Å²) in [5.41, 5.74) is 8.93. The van der Waals surface area contributed by atoms with Crippen molar-refractivity contribution in [2.75, 3.05) is 13.7 Å². The predicted molar refractivity (Wildman–Crippen MR) is 48.5 cm³/mol. The van der Waals surface area contributed by atoms with Gasteiger partial charge in [0, 0.05) is 29.4 Å². The third-order valence-electron chi connectivity index (χ3n) is 1.55. The predicted octanol–water partition coefficient (Wildman–Crippen LogP) is 1.94. The molecule has 0 amide bonds. The van der Waals surface area contributed by atoms with E-state index in [9.17, 15) is 0 Å². The summed E-state index contributed by atoms with van der Waals surface area (Å²) in [7, 11) is 1.60. The van der Waals surface area contributed by atoms with Gasteiger partial charge in [0.25, 0.3) is 0 Å². The van der Waals surface area contributed by atoms with Gasteiger partial charge in [-0.05, 0) is 18.0 Å². The van der Waals surface area contributed by atoms with Gasteiger partial charge in [-0.3, -0.25) is 4.98 Å². The Labute approximate surface area is 76.0 Å². The van der Waals surface area contributed by atoms with Crippen LogP contribution in [-0.2, 0) is 6.42 Å². The summed E-state index contributed by atoms with van der Waals surface area (Å²) in [4.78, 5) is 6.76. The SMILES string of the molecule is COc1ccnc(CCN=[N+]=[N-])c1. The van der Waals surface area contributed by atoms with E-state index in [0.29, 0.717) is 13.0 Å². The second kappa shape index (κ2) is 5.00. The molecule has 0 fully saturated rings. The van der Waals surface area contributed by atoms with Gasteiger partial charge in [-0.1, -0.05) is 5.11 Å². The molecule has 13 heavy (non-hydrogen) atoms. The highest BCUT2D eigenvalue weighted by Crippen LogP contribution is 2.09. The number of hydrogen-bond acceptors (Lipinski definition) is 3. The quantitative estimate of drug-likeness (QED) is 0.401. The molecular formula is C8H10N4O. The lowest BCUT2D eigenvalue weighted by Gasteiger charge is -2.00.